The third kappa shape index (κ3) is 1.78. The van der Waals surface area contributed by atoms with E-state index in [-0.39, 0.29) is 5.69 Å². The minimum Gasteiger partial charge on any atom is -0.464 e. The predicted molar refractivity (Wildman–Crippen MR) is 74.5 cm³/mol. The number of aromatic nitrogens is 3. The van der Waals surface area contributed by atoms with Gasteiger partial charge in [0.05, 0.1) is 12.6 Å². The van der Waals surface area contributed by atoms with E-state index in [0.717, 1.165) is 11.1 Å². The summed E-state index contributed by atoms with van der Waals surface area (Å²) in [6, 6.07) is 9.30. The normalized spacial score (nSPS) is 10.7. The molecule has 0 aliphatic heterocycles. The van der Waals surface area contributed by atoms with E-state index in [1.165, 1.54) is 11.9 Å². The van der Waals surface area contributed by atoms with Gasteiger partial charge < -0.3 is 10.6 Å². The van der Waals surface area contributed by atoms with E-state index in [4.69, 9.17) is 10.6 Å². The molecule has 6 nitrogen and oxygen atoms in total. The second-order valence-corrected chi connectivity index (χ2v) is 4.23. The SMILES string of the molecule is COC(=O)c1nn(N)c2cccc(-c3cccnc3)c12. The molecule has 2 heterocycles. The molecular weight excluding hydrogens is 256 g/mol. The highest BCUT2D eigenvalue weighted by Gasteiger charge is 2.20. The number of nitrogens with zero attached hydrogens (tertiary/aromatic N) is 3. The van der Waals surface area contributed by atoms with Gasteiger partial charge in [-0.3, -0.25) is 4.98 Å². The van der Waals surface area contributed by atoms with Crippen molar-refractivity contribution in [3.63, 3.8) is 0 Å². The summed E-state index contributed by atoms with van der Waals surface area (Å²) < 4.78 is 4.76. The molecule has 0 aliphatic rings. The minimum absolute atomic E-state index is 0.199. The second kappa shape index (κ2) is 4.65. The Hall–Kier alpha value is -2.89. The number of hydrogen-bond acceptors (Lipinski definition) is 5. The number of esters is 1. The first-order valence-electron chi connectivity index (χ1n) is 5.98. The van der Waals surface area contributed by atoms with E-state index in [2.05, 4.69) is 10.1 Å². The minimum atomic E-state index is -0.518. The number of nitrogen functional groups attached to an aromatic ring is 1. The average Bonchev–Trinajstić information content (AvgIpc) is 2.85. The standard InChI is InChI=1S/C14H12N4O2/c1-20-14(19)13-12-10(9-4-3-7-16-8-9)5-2-6-11(12)18(15)17-13/h2-8H,15H2,1H3. The lowest BCUT2D eigenvalue weighted by atomic mass is 10.0. The van der Waals surface area contributed by atoms with Crippen LogP contribution in [0.1, 0.15) is 10.5 Å². The van der Waals surface area contributed by atoms with Gasteiger partial charge in [0.25, 0.3) is 0 Å². The van der Waals surface area contributed by atoms with Crippen LogP contribution in [-0.2, 0) is 4.74 Å². The van der Waals surface area contributed by atoms with E-state index in [1.807, 2.05) is 24.3 Å². The molecular formula is C14H12N4O2. The Bertz CT molecular complexity index is 780. The number of methoxy groups -OCH3 is 1. The quantitative estimate of drug-likeness (QED) is 0.563. The van der Waals surface area contributed by atoms with Gasteiger partial charge in [-0.15, -0.1) is 5.10 Å². The van der Waals surface area contributed by atoms with Crippen LogP contribution in [0.4, 0.5) is 0 Å². The molecule has 0 spiro atoms. The van der Waals surface area contributed by atoms with E-state index < -0.39 is 5.97 Å². The maximum Gasteiger partial charge on any atom is 0.359 e. The van der Waals surface area contributed by atoms with Crippen LogP contribution in [0.3, 0.4) is 0 Å². The molecule has 0 bridgehead atoms. The van der Waals surface area contributed by atoms with Crippen molar-refractivity contribution in [1.29, 1.82) is 0 Å². The average molecular weight is 268 g/mol. The largest absolute Gasteiger partial charge is 0.464 e. The number of nitrogens with two attached hydrogens (primary N) is 1. The number of fused-ring (bicyclic) bond motifs is 1. The van der Waals surface area contributed by atoms with Gasteiger partial charge in [-0.05, 0) is 17.7 Å². The molecule has 0 aliphatic carbocycles. The molecule has 1 aromatic carbocycles. The lowest BCUT2D eigenvalue weighted by molar-refractivity contribution is 0.0595. The summed E-state index contributed by atoms with van der Waals surface area (Å²) in [6.45, 7) is 0. The van der Waals surface area contributed by atoms with Crippen molar-refractivity contribution in [3.05, 3.63) is 48.4 Å². The van der Waals surface area contributed by atoms with Crippen molar-refractivity contribution in [2.45, 2.75) is 0 Å². The number of pyridine rings is 1. The van der Waals surface area contributed by atoms with Crippen LogP contribution in [0.15, 0.2) is 42.7 Å². The van der Waals surface area contributed by atoms with E-state index in [9.17, 15) is 4.79 Å². The fraction of sp³-hybridized carbons (Fsp3) is 0.0714. The van der Waals surface area contributed by atoms with Gasteiger partial charge in [0.2, 0.25) is 0 Å². The molecule has 100 valence electrons. The molecule has 0 fully saturated rings. The maximum absolute atomic E-state index is 11.9. The van der Waals surface area contributed by atoms with E-state index >= 15 is 0 Å². The molecule has 0 unspecified atom stereocenters. The molecule has 2 N–H and O–H groups in total. The lowest BCUT2D eigenvalue weighted by Gasteiger charge is -2.04. The van der Waals surface area contributed by atoms with Crippen LogP contribution < -0.4 is 5.84 Å². The Labute approximate surface area is 114 Å². The van der Waals surface area contributed by atoms with Crippen molar-refractivity contribution in [3.8, 4) is 11.1 Å². The molecule has 2 aromatic heterocycles. The monoisotopic (exact) mass is 268 g/mol. The topological polar surface area (TPSA) is 83.0 Å². The van der Waals surface area contributed by atoms with Crippen LogP contribution in [-0.4, -0.2) is 28.0 Å². The lowest BCUT2D eigenvalue weighted by Crippen LogP contribution is -2.11. The summed E-state index contributed by atoms with van der Waals surface area (Å²) in [6.07, 6.45) is 3.42. The van der Waals surface area contributed by atoms with E-state index in [0.29, 0.717) is 10.9 Å². The zero-order valence-electron chi connectivity index (χ0n) is 10.8. The van der Waals surface area contributed by atoms with Crippen molar-refractivity contribution in [1.82, 2.24) is 14.9 Å². The first kappa shape index (κ1) is 12.2. The van der Waals surface area contributed by atoms with Gasteiger partial charge in [-0.2, -0.15) is 4.79 Å². The molecule has 0 saturated heterocycles. The van der Waals surface area contributed by atoms with Crippen LogP contribution in [0.25, 0.3) is 22.0 Å². The smallest absolute Gasteiger partial charge is 0.359 e. The molecule has 6 heteroatoms. The van der Waals surface area contributed by atoms with Gasteiger partial charge in [0.1, 0.15) is 0 Å². The molecule has 0 amide bonds. The summed E-state index contributed by atoms with van der Waals surface area (Å²) in [5, 5.41) is 4.71. The first-order chi connectivity index (χ1) is 9.72. The van der Waals surface area contributed by atoms with Gasteiger partial charge in [-0.25, -0.2) is 4.79 Å². The Morgan fingerprint density at radius 3 is 2.85 bits per heavy atom. The number of carbonyl (C=O) groups is 1. The van der Waals surface area contributed by atoms with Crippen LogP contribution in [0.5, 0.6) is 0 Å². The summed E-state index contributed by atoms with van der Waals surface area (Å²) in [7, 11) is 1.32. The van der Waals surface area contributed by atoms with Crippen LogP contribution in [0, 0.1) is 0 Å². The zero-order chi connectivity index (χ0) is 14.1. The molecule has 0 saturated carbocycles. The van der Waals surface area contributed by atoms with Gasteiger partial charge in [0.15, 0.2) is 5.69 Å². The summed E-state index contributed by atoms with van der Waals surface area (Å²) in [4.78, 5) is 17.1. The number of benzene rings is 1. The molecule has 0 atom stereocenters. The summed E-state index contributed by atoms with van der Waals surface area (Å²) >= 11 is 0. The third-order valence-corrected chi connectivity index (χ3v) is 3.09. The van der Waals surface area contributed by atoms with Gasteiger partial charge in [-0.1, -0.05) is 18.2 Å². The Balaban J connectivity index is 2.36. The van der Waals surface area contributed by atoms with Crippen LogP contribution in [0.2, 0.25) is 0 Å². The Morgan fingerprint density at radius 2 is 2.15 bits per heavy atom. The molecule has 3 aromatic rings. The van der Waals surface area contributed by atoms with E-state index in [1.54, 1.807) is 18.5 Å². The Morgan fingerprint density at radius 1 is 1.30 bits per heavy atom. The number of hydrogen-bond donors (Lipinski definition) is 1. The first-order valence-corrected chi connectivity index (χ1v) is 5.98. The second-order valence-electron chi connectivity index (χ2n) is 4.23. The molecule has 0 radical (unpaired) electrons. The number of ether oxygens (including phenoxy) is 1. The van der Waals surface area contributed by atoms with Crippen LogP contribution >= 0.6 is 0 Å². The maximum atomic E-state index is 11.9. The van der Waals surface area contributed by atoms with Crippen molar-refractivity contribution in [2.75, 3.05) is 13.0 Å². The fourth-order valence-electron chi connectivity index (χ4n) is 2.19. The highest BCUT2D eigenvalue weighted by atomic mass is 16.5. The highest BCUT2D eigenvalue weighted by molar-refractivity contribution is 6.08. The van der Waals surface area contributed by atoms with Crippen molar-refractivity contribution in [2.24, 2.45) is 0 Å². The molecule has 3 rings (SSSR count). The summed E-state index contributed by atoms with van der Waals surface area (Å²) in [5.74, 6) is 5.28. The van der Waals surface area contributed by atoms with Crippen molar-refractivity contribution < 1.29 is 9.53 Å². The van der Waals surface area contributed by atoms with Gasteiger partial charge >= 0.3 is 5.97 Å². The number of carbonyl (C=O) groups excluding carboxylic acids is 1. The summed E-state index contributed by atoms with van der Waals surface area (Å²) in [5.41, 5.74) is 2.58. The highest BCUT2D eigenvalue weighted by Crippen LogP contribution is 2.30. The Kier molecular flexibility index (Phi) is 2.83. The third-order valence-electron chi connectivity index (χ3n) is 3.09. The predicted octanol–water partition coefficient (Wildman–Crippen LogP) is 1.60. The zero-order valence-corrected chi connectivity index (χ0v) is 10.8. The van der Waals surface area contributed by atoms with Gasteiger partial charge in [0, 0.05) is 23.3 Å². The van der Waals surface area contributed by atoms with Crippen molar-refractivity contribution >= 4 is 16.9 Å². The fourth-order valence-corrected chi connectivity index (χ4v) is 2.19. The molecule has 20 heavy (non-hydrogen) atoms. The number of rotatable bonds is 2.